The Labute approximate surface area is 171 Å². The lowest BCUT2D eigenvalue weighted by molar-refractivity contribution is 0.0313. The minimum absolute atomic E-state index is 0.304. The van der Waals surface area contributed by atoms with Crippen LogP contribution in [0.15, 0.2) is 30.6 Å². The number of rotatable bonds is 4. The molecule has 0 radical (unpaired) electrons. The second-order valence-electron chi connectivity index (χ2n) is 6.64. The summed E-state index contributed by atoms with van der Waals surface area (Å²) in [6.07, 6.45) is 0.536. The van der Waals surface area contributed by atoms with Gasteiger partial charge < -0.3 is 15.5 Å². The first-order valence-corrected chi connectivity index (χ1v) is 10.3. The summed E-state index contributed by atoms with van der Waals surface area (Å²) in [4.78, 5) is 13.4. The van der Waals surface area contributed by atoms with E-state index in [9.17, 15) is 14.6 Å². The highest BCUT2D eigenvalue weighted by molar-refractivity contribution is 7.99. The van der Waals surface area contributed by atoms with Crippen LogP contribution in [0.2, 0.25) is 0 Å². The summed E-state index contributed by atoms with van der Waals surface area (Å²) in [6.45, 7) is 2.29. The van der Waals surface area contributed by atoms with E-state index >= 15 is 0 Å². The van der Waals surface area contributed by atoms with Crippen LogP contribution in [0.5, 0.6) is 0 Å². The number of hydrogen-bond acceptors (Lipinski definition) is 7. The number of anilines is 1. The Morgan fingerprint density at radius 1 is 1.34 bits per heavy atom. The predicted molar refractivity (Wildman–Crippen MR) is 110 cm³/mol. The van der Waals surface area contributed by atoms with Crippen molar-refractivity contribution in [3.05, 3.63) is 47.8 Å². The van der Waals surface area contributed by atoms with Crippen LogP contribution >= 0.6 is 11.8 Å². The third kappa shape index (κ3) is 4.05. The molecule has 0 bridgehead atoms. The second-order valence-corrected chi connectivity index (χ2v) is 7.79. The van der Waals surface area contributed by atoms with Crippen molar-refractivity contribution in [1.82, 2.24) is 19.5 Å². The molecule has 3 N–H and O–H groups in total. The van der Waals surface area contributed by atoms with Crippen LogP contribution in [0.1, 0.15) is 30.1 Å². The number of benzene rings is 1. The first-order valence-electron chi connectivity index (χ1n) is 9.26. The molecule has 29 heavy (non-hydrogen) atoms. The summed E-state index contributed by atoms with van der Waals surface area (Å²) in [5.41, 5.74) is 1.81. The fraction of sp³-hybridized carbons (Fsp3) is 0.350. The van der Waals surface area contributed by atoms with Gasteiger partial charge in [0.25, 0.3) is 0 Å². The molecule has 150 valence electrons. The Kier molecular flexibility index (Phi) is 5.67. The van der Waals surface area contributed by atoms with E-state index in [2.05, 4.69) is 32.1 Å². The summed E-state index contributed by atoms with van der Waals surface area (Å²) in [7, 11) is 0. The van der Waals surface area contributed by atoms with Crippen molar-refractivity contribution in [3.8, 4) is 11.8 Å². The number of nitrogens with one attached hydrogen (secondary N) is 1. The quantitative estimate of drug-likeness (QED) is 0.565. The molecule has 1 aliphatic heterocycles. The molecule has 3 heterocycles. The Morgan fingerprint density at radius 2 is 2.21 bits per heavy atom. The largest absolute Gasteiger partial charge is 0.389 e. The van der Waals surface area contributed by atoms with Crippen molar-refractivity contribution in [3.63, 3.8) is 0 Å². The zero-order valence-corrected chi connectivity index (χ0v) is 16.5. The molecule has 0 spiro atoms. The lowest BCUT2D eigenvalue weighted by Crippen LogP contribution is -2.27. The fourth-order valence-electron chi connectivity index (χ4n) is 3.11. The van der Waals surface area contributed by atoms with Crippen molar-refractivity contribution < 1.29 is 14.6 Å². The van der Waals surface area contributed by atoms with Crippen LogP contribution in [-0.4, -0.2) is 47.7 Å². The van der Waals surface area contributed by atoms with Crippen molar-refractivity contribution >= 4 is 28.7 Å². The molecule has 0 unspecified atom stereocenters. The van der Waals surface area contributed by atoms with Crippen molar-refractivity contribution in [2.24, 2.45) is 0 Å². The predicted octanol–water partition coefficient (Wildman–Crippen LogP) is 2.31. The van der Waals surface area contributed by atoms with Crippen LogP contribution < -0.4 is 5.32 Å². The SMILES string of the molecule is CCC#Cc1nc(NCc2cccc(F)c2)c2ncn([C@@H]3SC[C@@H](O)[C@H]3O)c2n1. The molecule has 7 nitrogen and oxygen atoms in total. The zero-order valence-electron chi connectivity index (χ0n) is 15.7. The standard InChI is InChI=1S/C20H20FN5O2S/c1-2-3-7-15-24-18(22-9-12-5-4-6-13(21)8-12)16-19(25-15)26(11-23-16)20-17(28)14(27)10-29-20/h4-6,8,11,14,17,20,27-28H,2,9-10H2,1H3,(H,22,24,25)/t14-,17-,20-/m1/s1. The number of aliphatic hydroxyl groups excluding tert-OH is 2. The third-order valence-corrected chi connectivity index (χ3v) is 5.93. The summed E-state index contributed by atoms with van der Waals surface area (Å²) in [5, 5.41) is 23.0. The smallest absolute Gasteiger partial charge is 0.208 e. The van der Waals surface area contributed by atoms with Crippen LogP contribution in [0.25, 0.3) is 11.2 Å². The van der Waals surface area contributed by atoms with E-state index in [1.54, 1.807) is 17.0 Å². The van der Waals surface area contributed by atoms with E-state index < -0.39 is 17.6 Å². The average Bonchev–Trinajstić information content (AvgIpc) is 3.28. The highest BCUT2D eigenvalue weighted by Gasteiger charge is 2.36. The molecule has 1 fully saturated rings. The molecule has 2 aromatic heterocycles. The topological polar surface area (TPSA) is 96.1 Å². The summed E-state index contributed by atoms with van der Waals surface area (Å²) in [5.74, 6) is 6.84. The lowest BCUT2D eigenvalue weighted by atomic mass is 10.2. The van der Waals surface area contributed by atoms with Gasteiger partial charge >= 0.3 is 0 Å². The molecule has 3 atom stereocenters. The Morgan fingerprint density at radius 3 is 2.93 bits per heavy atom. The minimum Gasteiger partial charge on any atom is -0.389 e. The first kappa shape index (κ1) is 19.6. The van der Waals surface area contributed by atoms with Crippen LogP contribution in [-0.2, 0) is 6.54 Å². The maximum absolute atomic E-state index is 13.5. The summed E-state index contributed by atoms with van der Waals surface area (Å²) >= 11 is 1.44. The highest BCUT2D eigenvalue weighted by Crippen LogP contribution is 2.38. The van der Waals surface area contributed by atoms with Gasteiger partial charge in [-0.05, 0) is 23.6 Å². The molecule has 3 aromatic rings. The molecule has 1 saturated heterocycles. The number of aromatic nitrogens is 4. The van der Waals surface area contributed by atoms with Gasteiger partial charge in [0.15, 0.2) is 17.0 Å². The number of halogens is 1. The maximum Gasteiger partial charge on any atom is 0.208 e. The third-order valence-electron chi connectivity index (χ3n) is 4.55. The van der Waals surface area contributed by atoms with Gasteiger partial charge in [-0.25, -0.2) is 19.3 Å². The molecule has 1 aliphatic rings. The van der Waals surface area contributed by atoms with E-state index in [1.807, 2.05) is 13.0 Å². The number of hydrogen-bond donors (Lipinski definition) is 3. The molecular formula is C20H20FN5O2S. The number of imidazole rings is 1. The molecule has 4 rings (SSSR count). The van der Waals surface area contributed by atoms with Gasteiger partial charge in [-0.1, -0.05) is 25.0 Å². The number of fused-ring (bicyclic) bond motifs is 1. The van der Waals surface area contributed by atoms with Crippen molar-refractivity contribution in [1.29, 1.82) is 0 Å². The maximum atomic E-state index is 13.5. The van der Waals surface area contributed by atoms with Crippen LogP contribution in [0.4, 0.5) is 10.2 Å². The average molecular weight is 413 g/mol. The molecule has 0 amide bonds. The van der Waals surface area contributed by atoms with Crippen molar-refractivity contribution in [2.75, 3.05) is 11.1 Å². The molecule has 0 aliphatic carbocycles. The van der Waals surface area contributed by atoms with Crippen LogP contribution in [0.3, 0.4) is 0 Å². The number of nitrogens with zero attached hydrogens (tertiary/aromatic N) is 4. The molecule has 9 heteroatoms. The number of aliphatic hydroxyl groups is 2. The zero-order chi connectivity index (χ0) is 20.4. The van der Waals surface area contributed by atoms with Gasteiger partial charge in [0, 0.05) is 18.7 Å². The van der Waals surface area contributed by atoms with Crippen molar-refractivity contribution in [2.45, 2.75) is 37.5 Å². The normalized spacial score (nSPS) is 21.2. The lowest BCUT2D eigenvalue weighted by Gasteiger charge is -2.17. The summed E-state index contributed by atoms with van der Waals surface area (Å²) in [6, 6.07) is 6.32. The van der Waals surface area contributed by atoms with Gasteiger partial charge in [-0.2, -0.15) is 0 Å². The van der Waals surface area contributed by atoms with E-state index in [0.29, 0.717) is 41.5 Å². The minimum atomic E-state index is -0.916. The van der Waals surface area contributed by atoms with E-state index in [4.69, 9.17) is 0 Å². The van der Waals surface area contributed by atoms with Gasteiger partial charge in [0.1, 0.15) is 17.3 Å². The van der Waals surface area contributed by atoms with E-state index in [-0.39, 0.29) is 5.82 Å². The number of thioether (sulfide) groups is 1. The van der Waals surface area contributed by atoms with E-state index in [1.165, 1.54) is 23.9 Å². The second kappa shape index (κ2) is 8.37. The summed E-state index contributed by atoms with van der Waals surface area (Å²) < 4.78 is 15.2. The molecule has 1 aromatic carbocycles. The Balaban J connectivity index is 1.72. The van der Waals surface area contributed by atoms with Gasteiger partial charge in [-0.3, -0.25) is 4.57 Å². The van der Waals surface area contributed by atoms with Gasteiger partial charge in [0.05, 0.1) is 12.4 Å². The highest BCUT2D eigenvalue weighted by atomic mass is 32.2. The van der Waals surface area contributed by atoms with Gasteiger partial charge in [0.2, 0.25) is 5.82 Å². The Bertz CT molecular complexity index is 1090. The first-order chi connectivity index (χ1) is 14.1. The monoisotopic (exact) mass is 413 g/mol. The van der Waals surface area contributed by atoms with Gasteiger partial charge in [-0.15, -0.1) is 11.8 Å². The fourth-order valence-corrected chi connectivity index (χ4v) is 4.40. The van der Waals surface area contributed by atoms with Crippen LogP contribution in [0, 0.1) is 17.7 Å². The van der Waals surface area contributed by atoms with E-state index in [0.717, 1.165) is 5.56 Å². The Hall–Kier alpha value is -2.67. The molecular weight excluding hydrogens is 393 g/mol. The molecule has 0 saturated carbocycles.